The van der Waals surface area contributed by atoms with Gasteiger partial charge >= 0.3 is 0 Å². The number of aromatic hydroxyl groups is 1. The fraction of sp³-hybridized carbons (Fsp3) is 0.538. The lowest BCUT2D eigenvalue weighted by molar-refractivity contribution is -0.277. The number of hydrogen-bond donors (Lipinski definition) is 6. The number of hydrogen-bond acceptors (Lipinski definition) is 12. The number of aliphatic hydroxyl groups is 5. The van der Waals surface area contributed by atoms with Crippen molar-refractivity contribution in [2.75, 3.05) is 27.4 Å². The van der Waals surface area contributed by atoms with Gasteiger partial charge in [-0.3, -0.25) is 0 Å². The van der Waals surface area contributed by atoms with Crippen LogP contribution in [0.1, 0.15) is 30.6 Å². The molecule has 1 saturated heterocycles. The van der Waals surface area contributed by atoms with Gasteiger partial charge in [-0.1, -0.05) is 0 Å². The molecule has 0 unspecified atom stereocenters. The average molecular weight is 539 g/mol. The van der Waals surface area contributed by atoms with Crippen LogP contribution in [0.4, 0.5) is 0 Å². The van der Waals surface area contributed by atoms with Crippen LogP contribution in [0.15, 0.2) is 24.3 Å². The molecule has 7 atom stereocenters. The molecule has 2 heterocycles. The van der Waals surface area contributed by atoms with E-state index in [0.717, 1.165) is 5.56 Å². The number of methoxy groups -OCH3 is 2. The molecular formula is C26H34O12. The van der Waals surface area contributed by atoms with E-state index in [4.69, 9.17) is 28.4 Å². The van der Waals surface area contributed by atoms with Gasteiger partial charge in [0.05, 0.1) is 20.8 Å². The zero-order valence-electron chi connectivity index (χ0n) is 21.3. The topological polar surface area (TPSA) is 177 Å². The zero-order chi connectivity index (χ0) is 27.6. The highest BCUT2D eigenvalue weighted by Crippen LogP contribution is 2.49. The maximum Gasteiger partial charge on any atom is 0.229 e. The standard InChI is InChI=1S/C26H34O12/c1-12-24(14-9-15(33-2)20(29)16(10-14)34-3)36-17-7-13(5-4-6-27)8-18(25(17)35-12)37-26-23(32)22(31)21(30)19(11-28)38-26/h7-10,12,19,21-24,26-32H,4-6,11H2,1-3H3/t12-,19-,21-,22+,23-,24+,26-/m1/s1. The van der Waals surface area contributed by atoms with E-state index in [0.29, 0.717) is 24.2 Å². The molecule has 0 bridgehead atoms. The smallest absolute Gasteiger partial charge is 0.229 e. The van der Waals surface area contributed by atoms with Gasteiger partial charge < -0.3 is 59.1 Å². The van der Waals surface area contributed by atoms with Crippen molar-refractivity contribution in [2.24, 2.45) is 0 Å². The predicted octanol–water partition coefficient (Wildman–Crippen LogP) is 0.414. The summed E-state index contributed by atoms with van der Waals surface area (Å²) in [5.74, 6) is 0.926. The first-order valence-electron chi connectivity index (χ1n) is 12.3. The summed E-state index contributed by atoms with van der Waals surface area (Å²) >= 11 is 0. The van der Waals surface area contributed by atoms with E-state index in [-0.39, 0.29) is 35.4 Å². The number of phenols is 1. The van der Waals surface area contributed by atoms with Gasteiger partial charge in [0.1, 0.15) is 30.5 Å². The van der Waals surface area contributed by atoms with Crippen LogP contribution in [-0.2, 0) is 11.2 Å². The number of phenolic OH excluding ortho intramolecular Hbond substituents is 1. The van der Waals surface area contributed by atoms with E-state index in [1.165, 1.54) is 14.2 Å². The summed E-state index contributed by atoms with van der Waals surface area (Å²) in [5.41, 5.74) is 1.35. The Morgan fingerprint density at radius 1 is 0.868 bits per heavy atom. The van der Waals surface area contributed by atoms with E-state index in [9.17, 15) is 30.6 Å². The molecule has 0 amide bonds. The molecular weight excluding hydrogens is 504 g/mol. The average Bonchev–Trinajstić information content (AvgIpc) is 2.92. The van der Waals surface area contributed by atoms with Crippen LogP contribution in [0, 0.1) is 0 Å². The second kappa shape index (κ2) is 11.8. The van der Waals surface area contributed by atoms with Crippen molar-refractivity contribution in [2.45, 2.75) is 62.7 Å². The van der Waals surface area contributed by atoms with Gasteiger partial charge in [-0.2, -0.15) is 0 Å². The quantitative estimate of drug-likeness (QED) is 0.260. The lowest BCUT2D eigenvalue weighted by Crippen LogP contribution is -2.60. The molecule has 2 aromatic rings. The lowest BCUT2D eigenvalue weighted by atomic mass is 9.99. The van der Waals surface area contributed by atoms with Crippen LogP contribution in [0.25, 0.3) is 0 Å². The molecule has 1 fully saturated rings. The molecule has 38 heavy (non-hydrogen) atoms. The van der Waals surface area contributed by atoms with Crippen molar-refractivity contribution in [1.82, 2.24) is 0 Å². The van der Waals surface area contributed by atoms with E-state index in [1.807, 2.05) is 0 Å². The molecule has 0 aliphatic carbocycles. The SMILES string of the molecule is COc1cc([C@H]2Oc3cc(CCCO)cc(O[C@@H]4O[C@H](CO)[C@@H](O)[C@H](O)[C@H]4O)c3O[C@@H]2C)cc(OC)c1O. The van der Waals surface area contributed by atoms with Gasteiger partial charge in [0.15, 0.2) is 29.1 Å². The highest BCUT2D eigenvalue weighted by Gasteiger charge is 2.45. The minimum Gasteiger partial charge on any atom is -0.502 e. The summed E-state index contributed by atoms with van der Waals surface area (Å²) in [6.07, 6.45) is -7.60. The van der Waals surface area contributed by atoms with E-state index in [2.05, 4.69) is 0 Å². The molecule has 0 aromatic heterocycles. The normalized spacial score (nSPS) is 28.6. The fourth-order valence-electron chi connectivity index (χ4n) is 4.54. The second-order valence-corrected chi connectivity index (χ2v) is 9.20. The Bertz CT molecular complexity index is 1080. The Kier molecular flexibility index (Phi) is 8.71. The number of benzene rings is 2. The number of rotatable bonds is 9. The van der Waals surface area contributed by atoms with Crippen molar-refractivity contribution in [3.8, 4) is 34.5 Å². The third-order valence-electron chi connectivity index (χ3n) is 6.61. The molecule has 4 rings (SSSR count). The summed E-state index contributed by atoms with van der Waals surface area (Å²) in [5, 5.41) is 59.9. The molecule has 6 N–H and O–H groups in total. The molecule has 0 saturated carbocycles. The monoisotopic (exact) mass is 538 g/mol. The van der Waals surface area contributed by atoms with Gasteiger partial charge in [-0.25, -0.2) is 0 Å². The molecule has 210 valence electrons. The van der Waals surface area contributed by atoms with Crippen LogP contribution < -0.4 is 23.7 Å². The summed E-state index contributed by atoms with van der Waals surface area (Å²) in [4.78, 5) is 0. The maximum atomic E-state index is 10.5. The third kappa shape index (κ3) is 5.41. The minimum atomic E-state index is -1.61. The van der Waals surface area contributed by atoms with E-state index >= 15 is 0 Å². The molecule has 2 aromatic carbocycles. The number of aryl methyl sites for hydroxylation is 1. The molecule has 0 spiro atoms. The lowest BCUT2D eigenvalue weighted by Gasteiger charge is -2.40. The van der Waals surface area contributed by atoms with Crippen LogP contribution in [0.5, 0.6) is 34.5 Å². The van der Waals surface area contributed by atoms with Crippen LogP contribution >= 0.6 is 0 Å². The largest absolute Gasteiger partial charge is 0.502 e. The van der Waals surface area contributed by atoms with Crippen molar-refractivity contribution in [1.29, 1.82) is 0 Å². The first kappa shape index (κ1) is 28.0. The number of aliphatic hydroxyl groups excluding tert-OH is 5. The minimum absolute atomic E-state index is 0.0376. The zero-order valence-corrected chi connectivity index (χ0v) is 21.3. The van der Waals surface area contributed by atoms with Crippen molar-refractivity contribution in [3.63, 3.8) is 0 Å². The summed E-state index contributed by atoms with van der Waals surface area (Å²) < 4.78 is 34.5. The number of fused-ring (bicyclic) bond motifs is 1. The van der Waals surface area contributed by atoms with Gasteiger partial charge in [0.2, 0.25) is 17.8 Å². The van der Waals surface area contributed by atoms with Gasteiger partial charge in [-0.05, 0) is 49.6 Å². The Morgan fingerprint density at radius 3 is 2.16 bits per heavy atom. The third-order valence-corrected chi connectivity index (χ3v) is 6.61. The van der Waals surface area contributed by atoms with Crippen LogP contribution in [0.2, 0.25) is 0 Å². The summed E-state index contributed by atoms with van der Waals surface area (Å²) in [6, 6.07) is 6.64. The first-order valence-corrected chi connectivity index (χ1v) is 12.3. The van der Waals surface area contributed by atoms with E-state index < -0.39 is 49.5 Å². The molecule has 0 radical (unpaired) electrons. The maximum absolute atomic E-state index is 10.5. The van der Waals surface area contributed by atoms with Crippen LogP contribution in [-0.4, -0.2) is 94.9 Å². The highest BCUT2D eigenvalue weighted by molar-refractivity contribution is 5.57. The highest BCUT2D eigenvalue weighted by atomic mass is 16.7. The summed E-state index contributed by atoms with van der Waals surface area (Å²) in [7, 11) is 2.84. The number of ether oxygens (including phenoxy) is 6. The second-order valence-electron chi connectivity index (χ2n) is 9.20. The molecule has 2 aliphatic heterocycles. The molecule has 2 aliphatic rings. The summed E-state index contributed by atoms with van der Waals surface area (Å²) in [6.45, 7) is 1.14. The van der Waals surface area contributed by atoms with Crippen LogP contribution in [0.3, 0.4) is 0 Å². The van der Waals surface area contributed by atoms with Crippen molar-refractivity contribution < 1.29 is 59.1 Å². The fourth-order valence-corrected chi connectivity index (χ4v) is 4.54. The van der Waals surface area contributed by atoms with Gasteiger partial charge in [-0.15, -0.1) is 0 Å². The Hall–Kier alpha value is -3.00. The Balaban J connectivity index is 1.69. The van der Waals surface area contributed by atoms with Gasteiger partial charge in [0.25, 0.3) is 0 Å². The Morgan fingerprint density at radius 2 is 1.55 bits per heavy atom. The predicted molar refractivity (Wildman–Crippen MR) is 131 cm³/mol. The van der Waals surface area contributed by atoms with Gasteiger partial charge in [0, 0.05) is 12.2 Å². The first-order chi connectivity index (χ1) is 18.2. The van der Waals surface area contributed by atoms with Crippen molar-refractivity contribution >= 4 is 0 Å². The Labute approximate surface area is 219 Å². The van der Waals surface area contributed by atoms with Crippen molar-refractivity contribution in [3.05, 3.63) is 35.4 Å². The molecule has 12 nitrogen and oxygen atoms in total. The molecule has 12 heteroatoms. The van der Waals surface area contributed by atoms with E-state index in [1.54, 1.807) is 31.2 Å².